The molecular formula is C31H14BF5N6O. The van der Waals surface area contributed by atoms with E-state index in [4.69, 9.17) is 19.6 Å². The second-order valence-corrected chi connectivity index (χ2v) is 10.7. The maximum atomic E-state index is 15.1. The third kappa shape index (κ3) is 3.26. The second kappa shape index (κ2) is 8.50. The Morgan fingerprint density at radius 1 is 0.568 bits per heavy atom. The third-order valence-electron chi connectivity index (χ3n) is 8.05. The SMILES string of the molecule is Cc1cc2c3n4c(c2cc1F)N=C1N=C(N=c2c5cc(F)c(F)cc5c(n2B4Oc2ccccc2)=N3)c2cc(F)c(F)cc21. The summed E-state index contributed by atoms with van der Waals surface area (Å²) < 4.78 is 83.5. The Morgan fingerprint density at radius 3 is 1.80 bits per heavy atom. The van der Waals surface area contributed by atoms with Crippen LogP contribution in [-0.2, 0) is 0 Å². The van der Waals surface area contributed by atoms with Crippen molar-refractivity contribution in [3.8, 4) is 5.75 Å². The number of fused-ring (bicyclic) bond motifs is 10. The van der Waals surface area contributed by atoms with Crippen LogP contribution in [0.2, 0.25) is 0 Å². The van der Waals surface area contributed by atoms with Crippen molar-refractivity contribution in [2.24, 2.45) is 20.0 Å². The van der Waals surface area contributed by atoms with Crippen LogP contribution >= 0.6 is 0 Å². The van der Waals surface area contributed by atoms with E-state index in [0.29, 0.717) is 27.9 Å². The minimum atomic E-state index is -1.14. The molecule has 6 aromatic rings. The van der Waals surface area contributed by atoms with Crippen LogP contribution in [0.3, 0.4) is 0 Å². The van der Waals surface area contributed by atoms with Gasteiger partial charge in [0.15, 0.2) is 34.9 Å². The number of hydrogen-bond donors (Lipinski definition) is 0. The number of nitrogens with zero attached hydrogens (tertiary/aromatic N) is 6. The van der Waals surface area contributed by atoms with Gasteiger partial charge >= 0.3 is 7.19 Å². The van der Waals surface area contributed by atoms with Crippen molar-refractivity contribution >= 4 is 52.0 Å². The van der Waals surface area contributed by atoms with Crippen LogP contribution in [0, 0.1) is 36.0 Å². The highest BCUT2D eigenvalue weighted by Gasteiger charge is 2.40. The molecule has 7 nitrogen and oxygen atoms in total. The monoisotopic (exact) mass is 592 g/mol. The highest BCUT2D eigenvalue weighted by Crippen LogP contribution is 2.42. The Labute approximate surface area is 243 Å². The molecule has 212 valence electrons. The summed E-state index contributed by atoms with van der Waals surface area (Å²) in [5, 5.41) is 1.24. The second-order valence-electron chi connectivity index (χ2n) is 10.7. The molecule has 0 unspecified atom stereocenters. The number of aryl methyl sites for hydroxylation is 1. The highest BCUT2D eigenvalue weighted by atomic mass is 19.2. The van der Waals surface area contributed by atoms with E-state index in [9.17, 15) is 17.6 Å². The molecule has 0 N–H and O–H groups in total. The van der Waals surface area contributed by atoms with Crippen molar-refractivity contribution in [3.05, 3.63) is 123 Å². The fourth-order valence-electron chi connectivity index (χ4n) is 6.01. The molecule has 0 aliphatic carbocycles. The van der Waals surface area contributed by atoms with Gasteiger partial charge in [0, 0.05) is 32.7 Å². The molecule has 2 aromatic heterocycles. The van der Waals surface area contributed by atoms with Gasteiger partial charge < -0.3 is 4.65 Å². The molecule has 44 heavy (non-hydrogen) atoms. The number of halogens is 5. The summed E-state index contributed by atoms with van der Waals surface area (Å²) in [7, 11) is -1.14. The van der Waals surface area contributed by atoms with E-state index in [1.165, 1.54) is 10.5 Å². The molecule has 4 bridgehead atoms. The van der Waals surface area contributed by atoms with Crippen LogP contribution in [-0.4, -0.2) is 27.8 Å². The number of hydrogen-bond acceptors (Lipinski definition) is 5. The van der Waals surface area contributed by atoms with E-state index in [2.05, 4.69) is 4.99 Å². The van der Waals surface area contributed by atoms with Gasteiger partial charge in [0.1, 0.15) is 34.2 Å². The van der Waals surface area contributed by atoms with Gasteiger partial charge in [-0.05, 0) is 61.0 Å². The molecule has 0 amide bonds. The quantitative estimate of drug-likeness (QED) is 0.185. The van der Waals surface area contributed by atoms with E-state index in [1.807, 2.05) is 6.07 Å². The summed E-state index contributed by atoms with van der Waals surface area (Å²) in [5.74, 6) is -4.12. The zero-order valence-electron chi connectivity index (χ0n) is 22.4. The lowest BCUT2D eigenvalue weighted by molar-refractivity contribution is 0.508. The minimum Gasteiger partial charge on any atom is -0.523 e. The molecule has 3 aliphatic rings. The normalized spacial score (nSPS) is 14.3. The fourth-order valence-corrected chi connectivity index (χ4v) is 6.01. The Morgan fingerprint density at radius 2 is 1.11 bits per heavy atom. The van der Waals surface area contributed by atoms with Crippen LogP contribution in [0.5, 0.6) is 5.75 Å². The van der Waals surface area contributed by atoms with Crippen molar-refractivity contribution in [2.75, 3.05) is 0 Å². The maximum Gasteiger partial charge on any atom is 0.633 e. The number of para-hydroxylation sites is 1. The summed E-state index contributed by atoms with van der Waals surface area (Å²) in [6, 6.07) is 15.7. The number of rotatable bonds is 2. The van der Waals surface area contributed by atoms with Crippen LogP contribution in [0.4, 0.5) is 33.6 Å². The first-order valence-electron chi connectivity index (χ1n) is 13.5. The van der Waals surface area contributed by atoms with Gasteiger partial charge in [-0.3, -0.25) is 8.96 Å². The van der Waals surface area contributed by atoms with Crippen molar-refractivity contribution in [2.45, 2.75) is 6.92 Å². The smallest absolute Gasteiger partial charge is 0.523 e. The maximum absolute atomic E-state index is 15.1. The summed E-state index contributed by atoms with van der Waals surface area (Å²) in [6.07, 6.45) is 0. The first-order valence-corrected chi connectivity index (χ1v) is 13.5. The van der Waals surface area contributed by atoms with E-state index < -0.39 is 36.3 Å². The van der Waals surface area contributed by atoms with Crippen molar-refractivity contribution in [1.82, 2.24) is 8.96 Å². The predicted molar refractivity (Wildman–Crippen MR) is 153 cm³/mol. The molecule has 5 heterocycles. The molecule has 0 saturated heterocycles. The number of aromatic nitrogens is 2. The largest absolute Gasteiger partial charge is 0.633 e. The third-order valence-corrected chi connectivity index (χ3v) is 8.05. The lowest BCUT2D eigenvalue weighted by Crippen LogP contribution is -2.52. The Kier molecular flexibility index (Phi) is 4.82. The van der Waals surface area contributed by atoms with Crippen LogP contribution in [0.15, 0.2) is 86.7 Å². The van der Waals surface area contributed by atoms with E-state index >= 15 is 4.39 Å². The van der Waals surface area contributed by atoms with Crippen LogP contribution < -0.4 is 15.6 Å². The van der Waals surface area contributed by atoms with Crippen molar-refractivity contribution < 1.29 is 26.6 Å². The first-order chi connectivity index (χ1) is 21.3. The van der Waals surface area contributed by atoms with Gasteiger partial charge in [-0.1, -0.05) is 18.2 Å². The average molecular weight is 592 g/mol. The Hall–Kier alpha value is -5.59. The topological polar surface area (TPSA) is 68.5 Å². The number of amidine groups is 2. The molecular weight excluding hydrogens is 578 g/mol. The summed E-state index contributed by atoms with van der Waals surface area (Å²) in [5.41, 5.74) is 0.886. The molecule has 0 fully saturated rings. The van der Waals surface area contributed by atoms with Crippen LogP contribution in [0.1, 0.15) is 16.7 Å². The molecule has 0 atom stereocenters. The van der Waals surface area contributed by atoms with E-state index in [0.717, 1.165) is 24.3 Å². The molecule has 13 heteroatoms. The standard InChI is InChI=1S/C31H14BF5N6O/c1-13-7-17-18(10-21(13)33)28-39-26-15-8-22(34)23(35)9-16(15)27(38-26)40-29-19-11-24(36)25(37)12-20(19)31-41-30(17)42(28)32(43(29)31)44-14-5-3-2-4-6-14/h2-12H,1H3. The lowest BCUT2D eigenvalue weighted by atomic mass is 9.98. The van der Waals surface area contributed by atoms with Gasteiger partial charge in [-0.25, -0.2) is 41.9 Å². The summed E-state index contributed by atoms with van der Waals surface area (Å²) >= 11 is 0. The van der Waals surface area contributed by atoms with E-state index in [1.54, 1.807) is 41.7 Å². The summed E-state index contributed by atoms with van der Waals surface area (Å²) in [6.45, 7) is 1.60. The van der Waals surface area contributed by atoms with Crippen LogP contribution in [0.25, 0.3) is 21.5 Å². The molecule has 0 spiro atoms. The zero-order chi connectivity index (χ0) is 30.0. The van der Waals surface area contributed by atoms with Gasteiger partial charge in [0.2, 0.25) is 0 Å². The summed E-state index contributed by atoms with van der Waals surface area (Å²) in [4.78, 5) is 18.9. The fraction of sp³-hybridized carbons (Fsp3) is 0.0323. The minimum absolute atomic E-state index is 0.00775. The highest BCUT2D eigenvalue weighted by molar-refractivity contribution is 6.52. The molecule has 9 rings (SSSR count). The van der Waals surface area contributed by atoms with Crippen molar-refractivity contribution in [3.63, 3.8) is 0 Å². The predicted octanol–water partition coefficient (Wildman–Crippen LogP) is 5.80. The van der Waals surface area contributed by atoms with Crippen molar-refractivity contribution in [1.29, 1.82) is 0 Å². The van der Waals surface area contributed by atoms with Gasteiger partial charge in [-0.15, -0.1) is 0 Å². The Balaban J connectivity index is 1.53. The first kappa shape index (κ1) is 25.0. The number of benzene rings is 4. The molecule has 3 aliphatic heterocycles. The van der Waals surface area contributed by atoms with Gasteiger partial charge in [-0.2, -0.15) is 0 Å². The zero-order valence-corrected chi connectivity index (χ0v) is 22.4. The number of aliphatic imine (C=N–C) groups is 2. The molecule has 0 saturated carbocycles. The Bertz CT molecular complexity index is 2500. The van der Waals surface area contributed by atoms with Gasteiger partial charge in [0.05, 0.1) is 0 Å². The molecule has 0 radical (unpaired) electrons. The van der Waals surface area contributed by atoms with Gasteiger partial charge in [0.25, 0.3) is 0 Å². The molecule has 4 aromatic carbocycles. The van der Waals surface area contributed by atoms with E-state index in [-0.39, 0.29) is 50.4 Å². The average Bonchev–Trinajstić information content (AvgIpc) is 3.59. The lowest BCUT2D eigenvalue weighted by Gasteiger charge is -2.23.